The van der Waals surface area contributed by atoms with E-state index < -0.39 is 0 Å². The number of rotatable bonds is 3. The van der Waals surface area contributed by atoms with Gasteiger partial charge < -0.3 is 15.5 Å². The molecular formula is C9H13ClN4OS. The van der Waals surface area contributed by atoms with Crippen LogP contribution in [0.25, 0.3) is 0 Å². The number of nitrogens with zero attached hydrogens (tertiary/aromatic N) is 2. The molecule has 2 rings (SSSR count). The van der Waals surface area contributed by atoms with Crippen LogP contribution in [0.3, 0.4) is 0 Å². The van der Waals surface area contributed by atoms with Gasteiger partial charge in [0.2, 0.25) is 5.91 Å². The lowest BCUT2D eigenvalue weighted by Gasteiger charge is -2.27. The van der Waals surface area contributed by atoms with Gasteiger partial charge in [-0.05, 0) is 0 Å². The standard InChI is InChI=1S/C9H13ClN4OS/c10-7-6-16-9(13-7)12-5-8(15)14-3-1-11-2-4-14/h6,11H,1-5H2,(H,12,13). The Morgan fingerprint density at radius 1 is 1.62 bits per heavy atom. The summed E-state index contributed by atoms with van der Waals surface area (Å²) in [4.78, 5) is 17.6. The second kappa shape index (κ2) is 5.47. The predicted octanol–water partition coefficient (Wildman–Crippen LogP) is 0.640. The molecule has 1 aliphatic rings. The van der Waals surface area contributed by atoms with Crippen molar-refractivity contribution >= 4 is 34.0 Å². The van der Waals surface area contributed by atoms with Gasteiger partial charge in [0.1, 0.15) is 5.15 Å². The highest BCUT2D eigenvalue weighted by molar-refractivity contribution is 7.14. The molecule has 88 valence electrons. The van der Waals surface area contributed by atoms with Crippen molar-refractivity contribution in [3.63, 3.8) is 0 Å². The number of aromatic nitrogens is 1. The van der Waals surface area contributed by atoms with Crippen LogP contribution in [0.1, 0.15) is 0 Å². The molecule has 1 aliphatic heterocycles. The first-order valence-electron chi connectivity index (χ1n) is 5.09. The summed E-state index contributed by atoms with van der Waals surface area (Å²) in [5, 5.41) is 9.06. The lowest BCUT2D eigenvalue weighted by atomic mass is 10.3. The lowest BCUT2D eigenvalue weighted by Crippen LogP contribution is -2.48. The molecule has 0 bridgehead atoms. The van der Waals surface area contributed by atoms with E-state index in [2.05, 4.69) is 15.6 Å². The van der Waals surface area contributed by atoms with E-state index in [1.165, 1.54) is 11.3 Å². The molecule has 0 aliphatic carbocycles. The van der Waals surface area contributed by atoms with E-state index in [-0.39, 0.29) is 12.5 Å². The van der Waals surface area contributed by atoms with Gasteiger partial charge in [-0.1, -0.05) is 11.6 Å². The molecule has 2 N–H and O–H groups in total. The van der Waals surface area contributed by atoms with Crippen LogP contribution < -0.4 is 10.6 Å². The van der Waals surface area contributed by atoms with Gasteiger partial charge in [0.25, 0.3) is 0 Å². The smallest absolute Gasteiger partial charge is 0.242 e. The van der Waals surface area contributed by atoms with Crippen molar-refractivity contribution in [1.82, 2.24) is 15.2 Å². The summed E-state index contributed by atoms with van der Waals surface area (Å²) in [6.07, 6.45) is 0. The van der Waals surface area contributed by atoms with E-state index in [9.17, 15) is 4.79 Å². The number of carbonyl (C=O) groups is 1. The molecule has 1 aromatic heterocycles. The zero-order valence-electron chi connectivity index (χ0n) is 8.70. The molecule has 5 nitrogen and oxygen atoms in total. The third-order valence-corrected chi connectivity index (χ3v) is 3.46. The second-order valence-corrected chi connectivity index (χ2v) is 4.71. The summed E-state index contributed by atoms with van der Waals surface area (Å²) in [6.45, 7) is 3.58. The zero-order chi connectivity index (χ0) is 11.4. The number of halogens is 1. The fourth-order valence-electron chi connectivity index (χ4n) is 1.51. The molecule has 2 heterocycles. The largest absolute Gasteiger partial charge is 0.352 e. The third-order valence-electron chi connectivity index (χ3n) is 2.34. The van der Waals surface area contributed by atoms with Crippen molar-refractivity contribution < 1.29 is 4.79 Å². The summed E-state index contributed by atoms with van der Waals surface area (Å²) in [7, 11) is 0. The number of hydrogen-bond acceptors (Lipinski definition) is 5. The molecule has 16 heavy (non-hydrogen) atoms. The average molecular weight is 261 g/mol. The van der Waals surface area contributed by atoms with Gasteiger partial charge in [0.15, 0.2) is 5.13 Å². The maximum Gasteiger partial charge on any atom is 0.242 e. The number of carbonyl (C=O) groups excluding carboxylic acids is 1. The maximum absolute atomic E-state index is 11.8. The number of amides is 1. The van der Waals surface area contributed by atoms with Crippen LogP contribution in [0.4, 0.5) is 5.13 Å². The molecular weight excluding hydrogens is 248 g/mol. The molecule has 1 fully saturated rings. The summed E-state index contributed by atoms with van der Waals surface area (Å²) in [5.74, 6) is 0.104. The van der Waals surface area contributed by atoms with Crippen LogP contribution in [-0.4, -0.2) is 48.5 Å². The van der Waals surface area contributed by atoms with Crippen LogP contribution in [0.2, 0.25) is 5.15 Å². The Kier molecular flexibility index (Phi) is 3.98. The van der Waals surface area contributed by atoms with Crippen LogP contribution in [0.5, 0.6) is 0 Å². The fourth-order valence-corrected chi connectivity index (χ4v) is 2.35. The van der Waals surface area contributed by atoms with Gasteiger partial charge in [0, 0.05) is 31.6 Å². The molecule has 0 spiro atoms. The van der Waals surface area contributed by atoms with Gasteiger partial charge in [-0.25, -0.2) is 4.98 Å². The zero-order valence-corrected chi connectivity index (χ0v) is 10.3. The normalized spacial score (nSPS) is 16.2. The Bertz CT molecular complexity index is 364. The van der Waals surface area contributed by atoms with E-state index in [1.807, 2.05) is 4.90 Å². The first kappa shape index (κ1) is 11.6. The Labute approximate surface area is 103 Å². The molecule has 1 saturated heterocycles. The summed E-state index contributed by atoms with van der Waals surface area (Å²) < 4.78 is 0. The summed E-state index contributed by atoms with van der Waals surface area (Å²) >= 11 is 7.08. The maximum atomic E-state index is 11.8. The van der Waals surface area contributed by atoms with Gasteiger partial charge in [-0.15, -0.1) is 11.3 Å². The molecule has 0 atom stereocenters. The average Bonchev–Trinajstić information content (AvgIpc) is 2.73. The highest BCUT2D eigenvalue weighted by atomic mass is 35.5. The highest BCUT2D eigenvalue weighted by Gasteiger charge is 2.15. The molecule has 1 aromatic rings. The minimum atomic E-state index is 0.104. The topological polar surface area (TPSA) is 57.3 Å². The van der Waals surface area contributed by atoms with E-state index >= 15 is 0 Å². The molecule has 0 saturated carbocycles. The summed E-state index contributed by atoms with van der Waals surface area (Å²) in [6, 6.07) is 0. The number of piperazine rings is 1. The quantitative estimate of drug-likeness (QED) is 0.838. The molecule has 7 heteroatoms. The molecule has 1 amide bonds. The Hall–Kier alpha value is -0.850. The van der Waals surface area contributed by atoms with Gasteiger partial charge in [0.05, 0.1) is 6.54 Å². The first-order valence-corrected chi connectivity index (χ1v) is 6.35. The van der Waals surface area contributed by atoms with Crippen molar-refractivity contribution in [2.45, 2.75) is 0 Å². The van der Waals surface area contributed by atoms with E-state index in [1.54, 1.807) is 5.38 Å². The van der Waals surface area contributed by atoms with Gasteiger partial charge in [-0.2, -0.15) is 0 Å². The van der Waals surface area contributed by atoms with Crippen LogP contribution in [0, 0.1) is 0 Å². The number of thiazole rings is 1. The Morgan fingerprint density at radius 2 is 2.38 bits per heavy atom. The highest BCUT2D eigenvalue weighted by Crippen LogP contribution is 2.18. The van der Waals surface area contributed by atoms with Crippen molar-refractivity contribution in [3.8, 4) is 0 Å². The lowest BCUT2D eigenvalue weighted by molar-refractivity contribution is -0.129. The minimum absolute atomic E-state index is 0.104. The monoisotopic (exact) mass is 260 g/mol. The first-order chi connectivity index (χ1) is 7.75. The predicted molar refractivity (Wildman–Crippen MR) is 65.1 cm³/mol. The van der Waals surface area contributed by atoms with E-state index in [0.717, 1.165) is 26.2 Å². The second-order valence-electron chi connectivity index (χ2n) is 3.46. The van der Waals surface area contributed by atoms with Crippen LogP contribution >= 0.6 is 22.9 Å². The number of nitrogens with one attached hydrogen (secondary N) is 2. The van der Waals surface area contributed by atoms with E-state index in [0.29, 0.717) is 10.3 Å². The van der Waals surface area contributed by atoms with Crippen LogP contribution in [0.15, 0.2) is 5.38 Å². The fraction of sp³-hybridized carbons (Fsp3) is 0.556. The Balaban J connectivity index is 1.78. The van der Waals surface area contributed by atoms with Crippen molar-refractivity contribution in [1.29, 1.82) is 0 Å². The molecule has 0 unspecified atom stereocenters. The third kappa shape index (κ3) is 3.07. The Morgan fingerprint density at radius 3 is 3.00 bits per heavy atom. The minimum Gasteiger partial charge on any atom is -0.352 e. The van der Waals surface area contributed by atoms with Crippen molar-refractivity contribution in [2.75, 3.05) is 38.0 Å². The van der Waals surface area contributed by atoms with Crippen LogP contribution in [-0.2, 0) is 4.79 Å². The SMILES string of the molecule is O=C(CNc1nc(Cl)cs1)N1CCNCC1. The number of anilines is 1. The molecule has 0 radical (unpaired) electrons. The summed E-state index contributed by atoms with van der Waals surface area (Å²) in [5.41, 5.74) is 0. The van der Waals surface area contributed by atoms with Gasteiger partial charge in [-0.3, -0.25) is 4.79 Å². The van der Waals surface area contributed by atoms with Crippen molar-refractivity contribution in [3.05, 3.63) is 10.5 Å². The molecule has 0 aromatic carbocycles. The van der Waals surface area contributed by atoms with Gasteiger partial charge >= 0.3 is 0 Å². The van der Waals surface area contributed by atoms with E-state index in [4.69, 9.17) is 11.6 Å². The van der Waals surface area contributed by atoms with Crippen molar-refractivity contribution in [2.24, 2.45) is 0 Å². The number of hydrogen-bond donors (Lipinski definition) is 2.